The molecule has 3 heteroatoms. The van der Waals surface area contributed by atoms with E-state index in [2.05, 4.69) is 5.32 Å². The Kier molecular flexibility index (Phi) is 2.30. The standard InChI is InChI=1S/C9H15N2O/c12-9-4-6-10-5-3-8-2-1-7-11(8)9/h4,8,10H,1-3,5-7H2. The topological polar surface area (TPSA) is 32.3 Å². The molecule has 1 radical (unpaired) electrons. The van der Waals surface area contributed by atoms with Crippen LogP contribution in [0, 0.1) is 6.42 Å². The SMILES string of the molecule is O=C1[CH]CNCCC2CCCN12. The molecule has 1 amide bonds. The summed E-state index contributed by atoms with van der Waals surface area (Å²) in [6.45, 7) is 2.76. The van der Waals surface area contributed by atoms with Gasteiger partial charge in [-0.25, -0.2) is 0 Å². The summed E-state index contributed by atoms with van der Waals surface area (Å²) in [5.74, 6) is 0.227. The zero-order valence-corrected chi connectivity index (χ0v) is 7.25. The molecule has 1 atom stereocenters. The Morgan fingerprint density at radius 2 is 2.42 bits per heavy atom. The number of nitrogens with zero attached hydrogens (tertiary/aromatic N) is 1. The molecule has 0 saturated carbocycles. The van der Waals surface area contributed by atoms with Gasteiger partial charge >= 0.3 is 0 Å². The fraction of sp³-hybridized carbons (Fsp3) is 0.778. The van der Waals surface area contributed by atoms with Crippen molar-refractivity contribution in [2.75, 3.05) is 19.6 Å². The second-order valence-electron chi connectivity index (χ2n) is 3.52. The molecule has 2 aliphatic heterocycles. The summed E-state index contributed by atoms with van der Waals surface area (Å²) in [5.41, 5.74) is 0. The molecule has 2 heterocycles. The summed E-state index contributed by atoms with van der Waals surface area (Å²) in [7, 11) is 0. The van der Waals surface area contributed by atoms with E-state index in [-0.39, 0.29) is 5.91 Å². The molecule has 12 heavy (non-hydrogen) atoms. The van der Waals surface area contributed by atoms with Gasteiger partial charge in [-0.2, -0.15) is 0 Å². The third kappa shape index (κ3) is 1.46. The Balaban J connectivity index is 2.03. The third-order valence-electron chi connectivity index (χ3n) is 2.74. The Morgan fingerprint density at radius 1 is 1.50 bits per heavy atom. The predicted octanol–water partition coefficient (Wildman–Crippen LogP) is 0.175. The maximum absolute atomic E-state index is 11.5. The first-order chi connectivity index (χ1) is 5.88. The third-order valence-corrected chi connectivity index (χ3v) is 2.74. The number of hydrogen-bond acceptors (Lipinski definition) is 2. The average Bonchev–Trinajstić information content (AvgIpc) is 2.47. The van der Waals surface area contributed by atoms with Gasteiger partial charge < -0.3 is 10.2 Å². The molecule has 0 aromatic carbocycles. The van der Waals surface area contributed by atoms with Gasteiger partial charge in [-0.3, -0.25) is 4.79 Å². The second-order valence-corrected chi connectivity index (χ2v) is 3.52. The van der Waals surface area contributed by atoms with E-state index in [0.29, 0.717) is 6.04 Å². The Morgan fingerprint density at radius 3 is 3.33 bits per heavy atom. The van der Waals surface area contributed by atoms with Gasteiger partial charge in [0.15, 0.2) is 0 Å². The zero-order chi connectivity index (χ0) is 8.39. The molecule has 3 nitrogen and oxygen atoms in total. The van der Waals surface area contributed by atoms with Crippen LogP contribution in [0.25, 0.3) is 0 Å². The summed E-state index contributed by atoms with van der Waals surface area (Å²) in [5, 5.41) is 3.23. The molecule has 0 spiro atoms. The van der Waals surface area contributed by atoms with E-state index < -0.39 is 0 Å². The molecule has 2 saturated heterocycles. The Hall–Kier alpha value is -0.570. The summed E-state index contributed by atoms with van der Waals surface area (Å²) < 4.78 is 0. The molecular weight excluding hydrogens is 152 g/mol. The lowest BCUT2D eigenvalue weighted by molar-refractivity contribution is -0.128. The van der Waals surface area contributed by atoms with Crippen molar-refractivity contribution in [3.05, 3.63) is 6.42 Å². The van der Waals surface area contributed by atoms with Gasteiger partial charge in [0.1, 0.15) is 0 Å². The van der Waals surface area contributed by atoms with Gasteiger partial charge in [0.05, 0.1) is 6.42 Å². The number of nitrogens with one attached hydrogen (secondary N) is 1. The Labute approximate surface area is 73.1 Å². The van der Waals surface area contributed by atoms with Crippen LogP contribution in [0.2, 0.25) is 0 Å². The van der Waals surface area contributed by atoms with E-state index in [1.807, 2.05) is 4.90 Å². The number of fused-ring (bicyclic) bond motifs is 1. The molecule has 2 fully saturated rings. The van der Waals surface area contributed by atoms with Crippen LogP contribution in [0.5, 0.6) is 0 Å². The van der Waals surface area contributed by atoms with Crippen LogP contribution >= 0.6 is 0 Å². The fourth-order valence-electron chi connectivity index (χ4n) is 2.07. The lowest BCUT2D eigenvalue weighted by Gasteiger charge is -2.27. The highest BCUT2D eigenvalue weighted by atomic mass is 16.2. The minimum absolute atomic E-state index is 0.227. The monoisotopic (exact) mass is 167 g/mol. The highest BCUT2D eigenvalue weighted by Crippen LogP contribution is 2.21. The van der Waals surface area contributed by atoms with Crippen LogP contribution in [-0.4, -0.2) is 36.5 Å². The van der Waals surface area contributed by atoms with Crippen molar-refractivity contribution < 1.29 is 4.79 Å². The van der Waals surface area contributed by atoms with E-state index in [9.17, 15) is 4.79 Å². The molecule has 2 aliphatic rings. The van der Waals surface area contributed by atoms with E-state index in [4.69, 9.17) is 0 Å². The second kappa shape index (κ2) is 3.44. The highest BCUT2D eigenvalue weighted by molar-refractivity contribution is 5.85. The minimum atomic E-state index is 0.227. The minimum Gasteiger partial charge on any atom is -0.339 e. The van der Waals surface area contributed by atoms with Gasteiger partial charge in [-0.05, 0) is 25.8 Å². The first-order valence-corrected chi connectivity index (χ1v) is 4.72. The van der Waals surface area contributed by atoms with Crippen LogP contribution in [0.1, 0.15) is 19.3 Å². The van der Waals surface area contributed by atoms with Crippen molar-refractivity contribution in [2.45, 2.75) is 25.3 Å². The van der Waals surface area contributed by atoms with Crippen LogP contribution < -0.4 is 5.32 Å². The molecular formula is C9H15N2O. The van der Waals surface area contributed by atoms with E-state index in [0.717, 1.165) is 26.1 Å². The van der Waals surface area contributed by atoms with Crippen molar-refractivity contribution in [1.29, 1.82) is 0 Å². The lowest BCUT2D eigenvalue weighted by atomic mass is 10.1. The smallest absolute Gasteiger partial charge is 0.228 e. The largest absolute Gasteiger partial charge is 0.339 e. The normalized spacial score (nSPS) is 31.2. The first-order valence-electron chi connectivity index (χ1n) is 4.72. The zero-order valence-electron chi connectivity index (χ0n) is 7.25. The maximum atomic E-state index is 11.5. The van der Waals surface area contributed by atoms with Crippen LogP contribution in [0.3, 0.4) is 0 Å². The van der Waals surface area contributed by atoms with E-state index in [1.54, 1.807) is 6.42 Å². The molecule has 0 aliphatic carbocycles. The first kappa shape index (κ1) is 8.05. The van der Waals surface area contributed by atoms with E-state index in [1.165, 1.54) is 12.8 Å². The molecule has 0 aromatic heterocycles. The fourth-order valence-corrected chi connectivity index (χ4v) is 2.07. The average molecular weight is 167 g/mol. The molecule has 0 aromatic rings. The Bertz CT molecular complexity index is 181. The van der Waals surface area contributed by atoms with Gasteiger partial charge in [-0.1, -0.05) is 0 Å². The molecule has 2 rings (SSSR count). The van der Waals surface area contributed by atoms with Crippen molar-refractivity contribution >= 4 is 5.91 Å². The van der Waals surface area contributed by atoms with Crippen molar-refractivity contribution in [3.8, 4) is 0 Å². The summed E-state index contributed by atoms with van der Waals surface area (Å²) >= 11 is 0. The van der Waals surface area contributed by atoms with Crippen LogP contribution in [0.4, 0.5) is 0 Å². The molecule has 1 N–H and O–H groups in total. The maximum Gasteiger partial charge on any atom is 0.228 e. The quantitative estimate of drug-likeness (QED) is 0.558. The molecule has 67 valence electrons. The predicted molar refractivity (Wildman–Crippen MR) is 46.5 cm³/mol. The number of amides is 1. The lowest BCUT2D eigenvalue weighted by Crippen LogP contribution is -2.41. The van der Waals surface area contributed by atoms with Crippen LogP contribution in [0.15, 0.2) is 0 Å². The van der Waals surface area contributed by atoms with Crippen molar-refractivity contribution in [3.63, 3.8) is 0 Å². The molecule has 0 bridgehead atoms. The summed E-state index contributed by atoms with van der Waals surface area (Å²) in [6.07, 6.45) is 5.27. The van der Waals surface area contributed by atoms with Gasteiger partial charge in [-0.15, -0.1) is 0 Å². The van der Waals surface area contributed by atoms with Crippen LogP contribution in [-0.2, 0) is 4.79 Å². The number of carbonyl (C=O) groups excluding carboxylic acids is 1. The van der Waals surface area contributed by atoms with Crippen molar-refractivity contribution in [1.82, 2.24) is 10.2 Å². The van der Waals surface area contributed by atoms with Gasteiger partial charge in [0, 0.05) is 19.1 Å². The number of rotatable bonds is 0. The highest BCUT2D eigenvalue weighted by Gasteiger charge is 2.28. The van der Waals surface area contributed by atoms with Gasteiger partial charge in [0.2, 0.25) is 5.91 Å². The summed E-state index contributed by atoms with van der Waals surface area (Å²) in [6, 6.07) is 0.515. The van der Waals surface area contributed by atoms with Crippen molar-refractivity contribution in [2.24, 2.45) is 0 Å². The van der Waals surface area contributed by atoms with E-state index >= 15 is 0 Å². The number of hydrogen-bond donors (Lipinski definition) is 1. The molecule has 1 unspecified atom stereocenters. The van der Waals surface area contributed by atoms with Gasteiger partial charge in [0.25, 0.3) is 0 Å². The number of carbonyl (C=O) groups is 1. The summed E-state index contributed by atoms with van der Waals surface area (Å²) in [4.78, 5) is 13.5.